The van der Waals surface area contributed by atoms with Gasteiger partial charge in [-0.3, -0.25) is 4.98 Å². The van der Waals surface area contributed by atoms with Gasteiger partial charge in [-0.1, -0.05) is 6.07 Å². The lowest BCUT2D eigenvalue weighted by atomic mass is 10.2. The number of hydrogen-bond donors (Lipinski definition) is 1. The van der Waals surface area contributed by atoms with Gasteiger partial charge >= 0.3 is 0 Å². The molecular weight excluding hydrogens is 192 g/mol. The Morgan fingerprint density at radius 3 is 2.73 bits per heavy atom. The highest BCUT2D eigenvalue weighted by Gasteiger charge is 2.04. The van der Waals surface area contributed by atoms with Crippen LogP contribution in [0.15, 0.2) is 18.3 Å². The zero-order chi connectivity index (χ0) is 11.1. The first-order valence-corrected chi connectivity index (χ1v) is 4.94. The van der Waals surface area contributed by atoms with Crippen molar-refractivity contribution in [2.75, 3.05) is 20.8 Å². The normalized spacial score (nSPS) is 10.9. The van der Waals surface area contributed by atoms with Gasteiger partial charge in [0.2, 0.25) is 0 Å². The number of rotatable bonds is 6. The van der Waals surface area contributed by atoms with Crippen LogP contribution in [-0.4, -0.2) is 32.0 Å². The van der Waals surface area contributed by atoms with Gasteiger partial charge in [0.25, 0.3) is 0 Å². The van der Waals surface area contributed by atoms with Crippen LogP contribution in [0.4, 0.5) is 0 Å². The van der Waals surface area contributed by atoms with E-state index in [0.29, 0.717) is 6.54 Å². The summed E-state index contributed by atoms with van der Waals surface area (Å²) in [4.78, 5) is 4.28. The standard InChI is InChI=1S/C11H18N2O2/c1-9-5-4-6-13-10(9)7-12-8-11(14-2)15-3/h4-6,11-12H,7-8H2,1-3H3. The molecular formula is C11H18N2O2. The van der Waals surface area contributed by atoms with Crippen molar-refractivity contribution in [3.05, 3.63) is 29.6 Å². The van der Waals surface area contributed by atoms with E-state index in [9.17, 15) is 0 Å². The van der Waals surface area contributed by atoms with E-state index in [1.807, 2.05) is 19.1 Å². The molecule has 0 spiro atoms. The highest BCUT2D eigenvalue weighted by Crippen LogP contribution is 2.02. The van der Waals surface area contributed by atoms with E-state index in [1.165, 1.54) is 5.56 Å². The van der Waals surface area contributed by atoms with Crippen LogP contribution < -0.4 is 5.32 Å². The van der Waals surface area contributed by atoms with Crippen LogP contribution in [0.5, 0.6) is 0 Å². The van der Waals surface area contributed by atoms with Crippen LogP contribution in [0.2, 0.25) is 0 Å². The van der Waals surface area contributed by atoms with Gasteiger partial charge in [-0.2, -0.15) is 0 Å². The molecule has 4 heteroatoms. The number of methoxy groups -OCH3 is 2. The molecule has 1 aromatic heterocycles. The maximum Gasteiger partial charge on any atom is 0.169 e. The Kier molecular flexibility index (Phi) is 5.25. The van der Waals surface area contributed by atoms with Crippen LogP contribution >= 0.6 is 0 Å². The molecule has 1 heterocycles. The molecule has 4 nitrogen and oxygen atoms in total. The Morgan fingerprint density at radius 1 is 1.40 bits per heavy atom. The summed E-state index contributed by atoms with van der Waals surface area (Å²) >= 11 is 0. The molecule has 0 atom stereocenters. The number of nitrogens with one attached hydrogen (secondary N) is 1. The number of aryl methyl sites for hydroxylation is 1. The van der Waals surface area contributed by atoms with Crippen LogP contribution in [0, 0.1) is 6.92 Å². The smallest absolute Gasteiger partial charge is 0.169 e. The maximum absolute atomic E-state index is 5.06. The Labute approximate surface area is 90.6 Å². The molecule has 0 saturated heterocycles. The molecule has 0 unspecified atom stereocenters. The SMILES string of the molecule is COC(CNCc1ncccc1C)OC. The van der Waals surface area contributed by atoms with Crippen molar-refractivity contribution in [2.45, 2.75) is 19.8 Å². The summed E-state index contributed by atoms with van der Waals surface area (Å²) in [5.41, 5.74) is 2.25. The molecule has 0 bridgehead atoms. The highest BCUT2D eigenvalue weighted by atomic mass is 16.7. The van der Waals surface area contributed by atoms with Gasteiger partial charge in [-0.25, -0.2) is 0 Å². The fourth-order valence-electron chi connectivity index (χ4n) is 1.27. The van der Waals surface area contributed by atoms with Gasteiger partial charge in [-0.05, 0) is 18.6 Å². The van der Waals surface area contributed by atoms with Crippen molar-refractivity contribution in [1.82, 2.24) is 10.3 Å². The first-order chi connectivity index (χ1) is 7.27. The van der Waals surface area contributed by atoms with E-state index in [-0.39, 0.29) is 6.29 Å². The zero-order valence-corrected chi connectivity index (χ0v) is 9.49. The maximum atomic E-state index is 5.06. The Morgan fingerprint density at radius 2 is 2.13 bits per heavy atom. The van der Waals surface area contributed by atoms with Crippen molar-refractivity contribution < 1.29 is 9.47 Å². The van der Waals surface area contributed by atoms with Crippen molar-refractivity contribution in [3.63, 3.8) is 0 Å². The molecule has 15 heavy (non-hydrogen) atoms. The largest absolute Gasteiger partial charge is 0.355 e. The van der Waals surface area contributed by atoms with Crippen LogP contribution in [0.1, 0.15) is 11.3 Å². The van der Waals surface area contributed by atoms with Gasteiger partial charge in [0.1, 0.15) is 0 Å². The Hall–Kier alpha value is -0.970. The van der Waals surface area contributed by atoms with Gasteiger partial charge in [0.15, 0.2) is 6.29 Å². The van der Waals surface area contributed by atoms with Crippen LogP contribution in [-0.2, 0) is 16.0 Å². The third-order valence-corrected chi connectivity index (χ3v) is 2.25. The fraction of sp³-hybridized carbons (Fsp3) is 0.545. The third-order valence-electron chi connectivity index (χ3n) is 2.25. The summed E-state index contributed by atoms with van der Waals surface area (Å²) in [5, 5.41) is 3.23. The van der Waals surface area contributed by atoms with Gasteiger partial charge in [0.05, 0.1) is 5.69 Å². The summed E-state index contributed by atoms with van der Waals surface area (Å²) < 4.78 is 10.1. The number of hydrogen-bond acceptors (Lipinski definition) is 4. The van der Waals surface area contributed by atoms with Gasteiger partial charge in [-0.15, -0.1) is 0 Å². The summed E-state index contributed by atoms with van der Waals surface area (Å²) in [6.45, 7) is 3.44. The lowest BCUT2D eigenvalue weighted by Gasteiger charge is -2.14. The summed E-state index contributed by atoms with van der Waals surface area (Å²) in [6, 6.07) is 3.99. The summed E-state index contributed by atoms with van der Waals surface area (Å²) in [7, 11) is 3.25. The highest BCUT2D eigenvalue weighted by molar-refractivity contribution is 5.17. The Bertz CT molecular complexity index is 288. The average molecular weight is 210 g/mol. The second kappa shape index (κ2) is 6.50. The van der Waals surface area contributed by atoms with E-state index in [0.717, 1.165) is 12.2 Å². The van der Waals surface area contributed by atoms with Crippen molar-refractivity contribution in [1.29, 1.82) is 0 Å². The van der Waals surface area contributed by atoms with Crippen LogP contribution in [0.25, 0.3) is 0 Å². The topological polar surface area (TPSA) is 43.4 Å². The third kappa shape index (κ3) is 3.95. The van der Waals surface area contributed by atoms with E-state index in [1.54, 1.807) is 20.4 Å². The minimum Gasteiger partial charge on any atom is -0.355 e. The van der Waals surface area contributed by atoms with E-state index in [2.05, 4.69) is 10.3 Å². The molecule has 0 amide bonds. The summed E-state index contributed by atoms with van der Waals surface area (Å²) in [6.07, 6.45) is 1.60. The van der Waals surface area contributed by atoms with Gasteiger partial charge in [0, 0.05) is 33.5 Å². The summed E-state index contributed by atoms with van der Waals surface area (Å²) in [5.74, 6) is 0. The molecule has 1 rings (SSSR count). The van der Waals surface area contributed by atoms with Crippen molar-refractivity contribution in [2.24, 2.45) is 0 Å². The Balaban J connectivity index is 2.34. The minimum atomic E-state index is -0.200. The second-order valence-electron chi connectivity index (χ2n) is 3.30. The molecule has 0 fully saturated rings. The predicted molar refractivity (Wildman–Crippen MR) is 58.5 cm³/mol. The van der Waals surface area contributed by atoms with E-state index >= 15 is 0 Å². The first-order valence-electron chi connectivity index (χ1n) is 4.94. The first kappa shape index (κ1) is 12.1. The lowest BCUT2D eigenvalue weighted by molar-refractivity contribution is -0.0989. The number of ether oxygens (including phenoxy) is 2. The molecule has 0 radical (unpaired) electrons. The van der Waals surface area contributed by atoms with Crippen molar-refractivity contribution >= 4 is 0 Å². The second-order valence-corrected chi connectivity index (χ2v) is 3.30. The lowest BCUT2D eigenvalue weighted by Crippen LogP contribution is -2.29. The van der Waals surface area contributed by atoms with E-state index < -0.39 is 0 Å². The molecule has 0 aliphatic rings. The molecule has 1 aromatic rings. The molecule has 84 valence electrons. The van der Waals surface area contributed by atoms with Crippen molar-refractivity contribution in [3.8, 4) is 0 Å². The number of pyridine rings is 1. The number of nitrogens with zero attached hydrogens (tertiary/aromatic N) is 1. The van der Waals surface area contributed by atoms with E-state index in [4.69, 9.17) is 9.47 Å². The van der Waals surface area contributed by atoms with Crippen LogP contribution in [0.3, 0.4) is 0 Å². The predicted octanol–water partition coefficient (Wildman–Crippen LogP) is 1.10. The monoisotopic (exact) mass is 210 g/mol. The van der Waals surface area contributed by atoms with Gasteiger partial charge < -0.3 is 14.8 Å². The molecule has 0 saturated carbocycles. The minimum absolute atomic E-state index is 0.200. The fourth-order valence-corrected chi connectivity index (χ4v) is 1.27. The molecule has 0 aromatic carbocycles. The quantitative estimate of drug-likeness (QED) is 0.714. The molecule has 0 aliphatic carbocycles. The number of aromatic nitrogens is 1. The zero-order valence-electron chi connectivity index (χ0n) is 9.49. The average Bonchev–Trinajstić information content (AvgIpc) is 2.27. The molecule has 1 N–H and O–H groups in total. The molecule has 0 aliphatic heterocycles.